The predicted octanol–water partition coefficient (Wildman–Crippen LogP) is 6.09. The Morgan fingerprint density at radius 2 is 1.60 bits per heavy atom. The molecule has 0 radical (unpaired) electrons. The first kappa shape index (κ1) is 37.1. The number of fused-ring (bicyclic) bond motifs is 2. The molecule has 4 aromatic carbocycles. The molecule has 5 aliphatic heterocycles. The Balaban J connectivity index is 0.814. The van der Waals surface area contributed by atoms with Gasteiger partial charge in [0, 0.05) is 93.5 Å². The second kappa shape index (κ2) is 15.1. The van der Waals surface area contributed by atoms with Crippen molar-refractivity contribution in [3.63, 3.8) is 0 Å². The Morgan fingerprint density at radius 1 is 0.825 bits per heavy atom. The van der Waals surface area contributed by atoms with E-state index in [1.54, 1.807) is 23.1 Å². The Morgan fingerprint density at radius 3 is 2.33 bits per heavy atom. The highest BCUT2D eigenvalue weighted by Crippen LogP contribution is 2.48. The van der Waals surface area contributed by atoms with Crippen LogP contribution in [0.5, 0.6) is 11.5 Å². The molecule has 10 nitrogen and oxygen atoms in total. The molecule has 12 heteroatoms. The van der Waals surface area contributed by atoms with Crippen molar-refractivity contribution < 1.29 is 33.0 Å². The summed E-state index contributed by atoms with van der Waals surface area (Å²) in [7, 11) is 0. The number of phenols is 1. The monoisotopic (exact) mass is 775 g/mol. The molecule has 3 unspecified atom stereocenters. The highest BCUT2D eigenvalue weighted by Gasteiger charge is 2.40. The molecule has 3 amide bonds. The maximum Gasteiger partial charge on any atom is 0.255 e. The zero-order valence-electron chi connectivity index (χ0n) is 32.1. The summed E-state index contributed by atoms with van der Waals surface area (Å²) in [5, 5.41) is 12.5. The number of benzene rings is 4. The van der Waals surface area contributed by atoms with Gasteiger partial charge in [-0.3, -0.25) is 24.6 Å². The highest BCUT2D eigenvalue weighted by molar-refractivity contribution is 6.05. The smallest absolute Gasteiger partial charge is 0.255 e. The standard InChI is InChI=1S/C45H47F2N5O5/c1-27-3-2-4-29(19-27)36-26-57-40-23-33(53)6-8-35(40)42(36)30-21-37(46)43(38(47)22-30)51-13-11-28(12-14-51)24-49-15-17-50(18-16-49)32-5-7-34-31(20-32)25-52(45(34)56)39-9-10-41(54)48-44(39)55/h2-8,19-23,28,36,39,42,53H,9-18,24-26H2,1H3,(H,48,54,55). The number of piperazine rings is 1. The predicted molar refractivity (Wildman–Crippen MR) is 212 cm³/mol. The zero-order valence-corrected chi connectivity index (χ0v) is 32.1. The number of hydrogen-bond donors (Lipinski definition) is 2. The van der Waals surface area contributed by atoms with Crippen molar-refractivity contribution in [1.82, 2.24) is 15.1 Å². The molecule has 296 valence electrons. The summed E-state index contributed by atoms with van der Waals surface area (Å²) >= 11 is 0. The minimum atomic E-state index is -0.628. The number of imide groups is 1. The fourth-order valence-electron chi connectivity index (χ4n) is 9.72. The van der Waals surface area contributed by atoms with Crippen LogP contribution < -0.4 is 19.9 Å². The quantitative estimate of drug-likeness (QED) is 0.218. The summed E-state index contributed by atoms with van der Waals surface area (Å²) < 4.78 is 38.4. The third-order valence-corrected chi connectivity index (χ3v) is 12.7. The van der Waals surface area contributed by atoms with Gasteiger partial charge < -0.3 is 24.5 Å². The normalized spacial score (nSPS) is 23.0. The largest absolute Gasteiger partial charge is 0.508 e. The number of phenolic OH excluding ortho intramolecular Hbond substituents is 1. The van der Waals surface area contributed by atoms with Crippen molar-refractivity contribution in [2.45, 2.75) is 57.0 Å². The first-order chi connectivity index (χ1) is 27.6. The Kier molecular flexibility index (Phi) is 9.84. The van der Waals surface area contributed by atoms with Gasteiger partial charge in [0.15, 0.2) is 0 Å². The van der Waals surface area contributed by atoms with Crippen molar-refractivity contribution in [1.29, 1.82) is 0 Å². The number of rotatable bonds is 7. The van der Waals surface area contributed by atoms with Gasteiger partial charge >= 0.3 is 0 Å². The van der Waals surface area contributed by atoms with Crippen LogP contribution in [0.1, 0.15) is 75.7 Å². The van der Waals surface area contributed by atoms with E-state index in [0.717, 1.165) is 73.5 Å². The zero-order chi connectivity index (χ0) is 39.4. The third-order valence-electron chi connectivity index (χ3n) is 12.7. The molecule has 0 aliphatic carbocycles. The molecule has 3 fully saturated rings. The van der Waals surface area contributed by atoms with Crippen LogP contribution in [-0.4, -0.2) is 91.1 Å². The van der Waals surface area contributed by atoms with Crippen LogP contribution >= 0.6 is 0 Å². The lowest BCUT2D eigenvalue weighted by Crippen LogP contribution is -2.52. The second-order valence-electron chi connectivity index (χ2n) is 16.3. The van der Waals surface area contributed by atoms with Gasteiger partial charge in [-0.05, 0) is 85.2 Å². The van der Waals surface area contributed by atoms with Crippen LogP contribution in [0.4, 0.5) is 20.2 Å². The maximum atomic E-state index is 16.1. The number of piperidine rings is 2. The van der Waals surface area contributed by atoms with E-state index in [9.17, 15) is 19.5 Å². The van der Waals surface area contributed by atoms with Crippen molar-refractivity contribution in [2.75, 3.05) is 62.2 Å². The van der Waals surface area contributed by atoms with Gasteiger partial charge in [0.2, 0.25) is 11.8 Å². The number of aryl methyl sites for hydroxylation is 1. The van der Waals surface area contributed by atoms with Crippen LogP contribution in [0.3, 0.4) is 0 Å². The molecule has 57 heavy (non-hydrogen) atoms. The fraction of sp³-hybridized carbons (Fsp3) is 0.400. The summed E-state index contributed by atoms with van der Waals surface area (Å²) in [4.78, 5) is 45.5. The lowest BCUT2D eigenvalue weighted by atomic mass is 9.75. The summed E-state index contributed by atoms with van der Waals surface area (Å²) in [6.45, 7) is 8.25. The molecule has 2 N–H and O–H groups in total. The third kappa shape index (κ3) is 7.20. The van der Waals surface area contributed by atoms with Crippen LogP contribution in [0.15, 0.2) is 72.8 Å². The molecule has 5 aliphatic rings. The van der Waals surface area contributed by atoms with Crippen LogP contribution in [0, 0.1) is 24.5 Å². The van der Waals surface area contributed by atoms with Crippen molar-refractivity contribution in [3.05, 3.63) is 118 Å². The van der Waals surface area contributed by atoms with Crippen molar-refractivity contribution in [2.24, 2.45) is 5.92 Å². The van der Waals surface area contributed by atoms with Crippen LogP contribution in [0.2, 0.25) is 0 Å². The first-order valence-corrected chi connectivity index (χ1v) is 20.1. The molecule has 0 aromatic heterocycles. The van der Waals surface area contributed by atoms with Gasteiger partial charge in [0.05, 0.1) is 6.61 Å². The number of amides is 3. The van der Waals surface area contributed by atoms with E-state index in [1.165, 1.54) is 12.1 Å². The summed E-state index contributed by atoms with van der Waals surface area (Å²) in [6, 6.07) is 21.4. The van der Waals surface area contributed by atoms with E-state index in [0.29, 0.717) is 55.5 Å². The number of halogens is 2. The molecule has 3 atom stereocenters. The van der Waals surface area contributed by atoms with E-state index in [1.807, 2.05) is 42.2 Å². The number of carbonyl (C=O) groups is 3. The molecule has 0 saturated carbocycles. The van der Waals surface area contributed by atoms with Gasteiger partial charge in [0.25, 0.3) is 5.91 Å². The maximum absolute atomic E-state index is 16.1. The fourth-order valence-corrected chi connectivity index (χ4v) is 9.72. The Hall–Kier alpha value is -5.49. The molecular weight excluding hydrogens is 729 g/mol. The lowest BCUT2D eigenvalue weighted by Gasteiger charge is -2.40. The van der Waals surface area contributed by atoms with Gasteiger partial charge in [-0.15, -0.1) is 0 Å². The van der Waals surface area contributed by atoms with Crippen LogP contribution in [-0.2, 0) is 16.1 Å². The van der Waals surface area contributed by atoms with Gasteiger partial charge in [-0.1, -0.05) is 35.9 Å². The lowest BCUT2D eigenvalue weighted by molar-refractivity contribution is -0.136. The van der Waals surface area contributed by atoms with Gasteiger partial charge in [-0.2, -0.15) is 0 Å². The van der Waals surface area contributed by atoms with Gasteiger partial charge in [0.1, 0.15) is 34.9 Å². The van der Waals surface area contributed by atoms with Crippen molar-refractivity contribution >= 4 is 29.1 Å². The number of aromatic hydroxyl groups is 1. The number of nitrogens with zero attached hydrogens (tertiary/aromatic N) is 4. The van der Waals surface area contributed by atoms with Crippen LogP contribution in [0.25, 0.3) is 0 Å². The molecule has 4 aromatic rings. The summed E-state index contributed by atoms with van der Waals surface area (Å²) in [6.07, 6.45) is 2.26. The SMILES string of the molecule is Cc1cccc(C2COc3cc(O)ccc3C2c2cc(F)c(N3CCC(CN4CCN(c5ccc6c(c5)CN(C5CCC(=O)NC5=O)C6=O)CC4)CC3)c(F)c2)c1. The molecular formula is C45H47F2N5O5. The topological polar surface area (TPSA) is 106 Å². The average Bonchev–Trinajstić information content (AvgIpc) is 3.52. The molecule has 3 saturated heterocycles. The number of anilines is 2. The average molecular weight is 776 g/mol. The number of nitrogens with one attached hydrogen (secondary N) is 1. The number of hydrogen-bond acceptors (Lipinski definition) is 8. The van der Waals surface area contributed by atoms with Gasteiger partial charge in [-0.25, -0.2) is 8.78 Å². The van der Waals surface area contributed by atoms with E-state index < -0.39 is 23.6 Å². The Bertz CT molecular complexity index is 2210. The van der Waals surface area contributed by atoms with E-state index in [-0.39, 0.29) is 41.5 Å². The first-order valence-electron chi connectivity index (χ1n) is 20.1. The summed E-state index contributed by atoms with van der Waals surface area (Å²) in [5.41, 5.74) is 6.08. The molecule has 5 heterocycles. The second-order valence-corrected chi connectivity index (χ2v) is 16.3. The Labute approximate surface area is 331 Å². The summed E-state index contributed by atoms with van der Waals surface area (Å²) in [5.74, 6) is -1.49. The number of carbonyl (C=O) groups excluding carboxylic acids is 3. The van der Waals surface area contributed by atoms with E-state index in [2.05, 4.69) is 27.2 Å². The highest BCUT2D eigenvalue weighted by atomic mass is 19.1. The molecule has 9 rings (SSSR count). The van der Waals surface area contributed by atoms with Crippen molar-refractivity contribution in [3.8, 4) is 11.5 Å². The van der Waals surface area contributed by atoms with E-state index >= 15 is 8.78 Å². The van der Waals surface area contributed by atoms with E-state index in [4.69, 9.17) is 4.74 Å². The molecule has 0 bridgehead atoms. The minimum Gasteiger partial charge on any atom is -0.508 e. The number of ether oxygens (including phenoxy) is 1. The molecule has 0 spiro atoms. The minimum absolute atomic E-state index is 0.0344.